The molecule has 2 N–H and O–H groups in total. The van der Waals surface area contributed by atoms with Crippen LogP contribution in [0.4, 0.5) is 4.39 Å². The number of hydrogen-bond acceptors (Lipinski definition) is 2. The maximum absolute atomic E-state index is 13.0. The first kappa shape index (κ1) is 16.4. The van der Waals surface area contributed by atoms with Crippen LogP contribution in [0.3, 0.4) is 0 Å². The molecule has 1 saturated heterocycles. The van der Waals surface area contributed by atoms with Crippen molar-refractivity contribution >= 4 is 5.91 Å². The molecule has 1 aliphatic heterocycles. The van der Waals surface area contributed by atoms with E-state index in [1.54, 1.807) is 0 Å². The van der Waals surface area contributed by atoms with Crippen LogP contribution in [0.25, 0.3) is 0 Å². The van der Waals surface area contributed by atoms with Gasteiger partial charge in [0, 0.05) is 19.1 Å². The third kappa shape index (κ3) is 4.11. The second-order valence-corrected chi connectivity index (χ2v) is 7.18. The Labute approximate surface area is 138 Å². The van der Waals surface area contributed by atoms with Gasteiger partial charge in [-0.25, -0.2) is 4.39 Å². The Morgan fingerprint density at radius 2 is 1.87 bits per heavy atom. The van der Waals surface area contributed by atoms with Gasteiger partial charge in [-0.3, -0.25) is 4.79 Å². The Bertz CT molecular complexity index is 531. The van der Waals surface area contributed by atoms with E-state index >= 15 is 0 Å². The molecule has 3 rings (SSSR count). The lowest BCUT2D eigenvalue weighted by Gasteiger charge is -2.37. The fraction of sp³-hybridized carbons (Fsp3) is 0.632. The van der Waals surface area contributed by atoms with Crippen molar-refractivity contribution in [2.75, 3.05) is 13.1 Å². The average molecular weight is 318 g/mol. The number of halogens is 1. The topological polar surface area (TPSA) is 46.3 Å². The minimum atomic E-state index is -0.194. The summed E-state index contributed by atoms with van der Waals surface area (Å²) in [6.07, 6.45) is 7.30. The molecule has 3 nitrogen and oxygen atoms in total. The van der Waals surface area contributed by atoms with E-state index in [9.17, 15) is 9.18 Å². The van der Waals surface area contributed by atoms with Crippen LogP contribution in [0.15, 0.2) is 24.3 Å². The molecule has 1 aromatic rings. The number of nitrogens with zero attached hydrogens (tertiary/aromatic N) is 1. The summed E-state index contributed by atoms with van der Waals surface area (Å²) >= 11 is 0. The van der Waals surface area contributed by atoms with Crippen LogP contribution in [0.1, 0.15) is 44.1 Å². The lowest BCUT2D eigenvalue weighted by molar-refractivity contribution is -0.139. The molecule has 1 aliphatic carbocycles. The Hall–Kier alpha value is -1.42. The van der Waals surface area contributed by atoms with Gasteiger partial charge in [0.2, 0.25) is 5.91 Å². The lowest BCUT2D eigenvalue weighted by atomic mass is 9.83. The van der Waals surface area contributed by atoms with Crippen molar-refractivity contribution in [1.29, 1.82) is 0 Å². The Kier molecular flexibility index (Phi) is 5.31. The highest BCUT2D eigenvalue weighted by atomic mass is 19.1. The molecule has 1 saturated carbocycles. The van der Waals surface area contributed by atoms with Crippen molar-refractivity contribution in [2.24, 2.45) is 17.6 Å². The van der Waals surface area contributed by atoms with E-state index in [4.69, 9.17) is 5.73 Å². The molecular weight excluding hydrogens is 291 g/mol. The molecule has 2 aliphatic rings. The van der Waals surface area contributed by atoms with Crippen molar-refractivity contribution in [3.8, 4) is 0 Å². The van der Waals surface area contributed by atoms with Gasteiger partial charge in [0.1, 0.15) is 5.82 Å². The molecule has 1 heterocycles. The number of carbonyl (C=O) groups excluding carboxylic acids is 1. The van der Waals surface area contributed by atoms with Crippen LogP contribution in [0.5, 0.6) is 0 Å². The summed E-state index contributed by atoms with van der Waals surface area (Å²) in [6, 6.07) is 6.78. The minimum absolute atomic E-state index is 0.0216. The molecule has 0 spiro atoms. The fourth-order valence-electron chi connectivity index (χ4n) is 4.09. The quantitative estimate of drug-likeness (QED) is 0.931. The molecular formula is C19H27FN2O. The lowest BCUT2D eigenvalue weighted by Crippen LogP contribution is -2.49. The van der Waals surface area contributed by atoms with Gasteiger partial charge in [0.15, 0.2) is 0 Å². The van der Waals surface area contributed by atoms with E-state index in [2.05, 4.69) is 0 Å². The molecule has 0 radical (unpaired) electrons. The first-order valence-corrected chi connectivity index (χ1v) is 8.92. The number of likely N-dealkylation sites (tertiary alicyclic amines) is 1. The molecule has 126 valence electrons. The number of benzene rings is 1. The minimum Gasteiger partial charge on any atom is -0.342 e. The highest BCUT2D eigenvalue weighted by molar-refractivity contribution is 5.79. The zero-order chi connectivity index (χ0) is 16.2. The molecule has 2 fully saturated rings. The highest BCUT2D eigenvalue weighted by Crippen LogP contribution is 2.28. The smallest absolute Gasteiger partial charge is 0.227 e. The van der Waals surface area contributed by atoms with E-state index in [0.29, 0.717) is 5.92 Å². The van der Waals surface area contributed by atoms with Gasteiger partial charge in [-0.05, 0) is 55.7 Å². The monoisotopic (exact) mass is 318 g/mol. The average Bonchev–Trinajstić information content (AvgIpc) is 2.57. The van der Waals surface area contributed by atoms with Gasteiger partial charge >= 0.3 is 0 Å². The predicted molar refractivity (Wildman–Crippen MR) is 89.3 cm³/mol. The van der Waals surface area contributed by atoms with E-state index < -0.39 is 0 Å². The third-order valence-corrected chi connectivity index (χ3v) is 5.40. The zero-order valence-electron chi connectivity index (χ0n) is 13.7. The molecule has 3 atom stereocenters. The van der Waals surface area contributed by atoms with E-state index in [1.807, 2.05) is 17.0 Å². The van der Waals surface area contributed by atoms with Gasteiger partial charge in [0.25, 0.3) is 0 Å². The SMILES string of the molecule is NC1CCCCC1C(=O)N1CCCC(Cc2ccc(F)cc2)C1. The van der Waals surface area contributed by atoms with Crippen LogP contribution < -0.4 is 5.73 Å². The number of nitrogens with two attached hydrogens (primary N) is 1. The molecule has 0 bridgehead atoms. The molecule has 1 aromatic carbocycles. The standard InChI is InChI=1S/C19H27FN2O/c20-16-9-7-14(8-10-16)12-15-4-3-11-22(13-15)19(23)17-5-1-2-6-18(17)21/h7-10,15,17-18H,1-6,11-13,21H2. The number of rotatable bonds is 3. The highest BCUT2D eigenvalue weighted by Gasteiger charge is 2.33. The van der Waals surface area contributed by atoms with Gasteiger partial charge in [-0.2, -0.15) is 0 Å². The van der Waals surface area contributed by atoms with Crippen molar-refractivity contribution < 1.29 is 9.18 Å². The maximum Gasteiger partial charge on any atom is 0.227 e. The first-order chi connectivity index (χ1) is 11.1. The van der Waals surface area contributed by atoms with Crippen LogP contribution in [0.2, 0.25) is 0 Å². The Balaban J connectivity index is 1.59. The van der Waals surface area contributed by atoms with E-state index in [-0.39, 0.29) is 23.7 Å². The fourth-order valence-corrected chi connectivity index (χ4v) is 4.09. The second kappa shape index (κ2) is 7.43. The normalized spacial score (nSPS) is 28.6. The largest absolute Gasteiger partial charge is 0.342 e. The Morgan fingerprint density at radius 1 is 1.13 bits per heavy atom. The summed E-state index contributed by atoms with van der Waals surface area (Å²) in [6.45, 7) is 1.68. The van der Waals surface area contributed by atoms with Crippen molar-refractivity contribution in [1.82, 2.24) is 4.90 Å². The second-order valence-electron chi connectivity index (χ2n) is 7.18. The number of carbonyl (C=O) groups is 1. The summed E-state index contributed by atoms with van der Waals surface area (Å²) in [5, 5.41) is 0. The molecule has 1 amide bonds. The number of piperidine rings is 1. The van der Waals surface area contributed by atoms with Crippen LogP contribution >= 0.6 is 0 Å². The van der Waals surface area contributed by atoms with Gasteiger partial charge < -0.3 is 10.6 Å². The molecule has 3 unspecified atom stereocenters. The number of amides is 1. The molecule has 23 heavy (non-hydrogen) atoms. The van der Waals surface area contributed by atoms with Crippen molar-refractivity contribution in [3.05, 3.63) is 35.6 Å². The van der Waals surface area contributed by atoms with Crippen molar-refractivity contribution in [3.63, 3.8) is 0 Å². The summed E-state index contributed by atoms with van der Waals surface area (Å²) < 4.78 is 13.0. The summed E-state index contributed by atoms with van der Waals surface area (Å²) in [5.41, 5.74) is 7.33. The Morgan fingerprint density at radius 3 is 2.61 bits per heavy atom. The third-order valence-electron chi connectivity index (χ3n) is 5.40. The summed E-state index contributed by atoms with van der Waals surface area (Å²) in [5.74, 6) is 0.563. The van der Waals surface area contributed by atoms with Gasteiger partial charge in [0.05, 0.1) is 5.92 Å². The molecule has 4 heteroatoms. The van der Waals surface area contributed by atoms with Crippen LogP contribution in [-0.4, -0.2) is 29.9 Å². The number of hydrogen-bond donors (Lipinski definition) is 1. The van der Waals surface area contributed by atoms with Crippen LogP contribution in [0, 0.1) is 17.7 Å². The summed E-state index contributed by atoms with van der Waals surface area (Å²) in [4.78, 5) is 14.8. The predicted octanol–water partition coefficient (Wildman–Crippen LogP) is 3.12. The molecule has 0 aromatic heterocycles. The van der Waals surface area contributed by atoms with Crippen LogP contribution in [-0.2, 0) is 11.2 Å². The summed E-state index contributed by atoms with van der Waals surface area (Å²) in [7, 11) is 0. The van der Waals surface area contributed by atoms with Gasteiger partial charge in [-0.1, -0.05) is 25.0 Å². The van der Waals surface area contributed by atoms with Crippen molar-refractivity contribution in [2.45, 2.75) is 51.0 Å². The van der Waals surface area contributed by atoms with E-state index in [1.165, 1.54) is 12.1 Å². The van der Waals surface area contributed by atoms with Gasteiger partial charge in [-0.15, -0.1) is 0 Å². The first-order valence-electron chi connectivity index (χ1n) is 8.92. The zero-order valence-corrected chi connectivity index (χ0v) is 13.7. The van der Waals surface area contributed by atoms with E-state index in [0.717, 1.165) is 63.6 Å². The maximum atomic E-state index is 13.0.